The molecule has 0 saturated heterocycles. The highest BCUT2D eigenvalue weighted by Crippen LogP contribution is 2.37. The van der Waals surface area contributed by atoms with E-state index in [9.17, 15) is 27.1 Å². The summed E-state index contributed by atoms with van der Waals surface area (Å²) in [6.45, 7) is 0. The van der Waals surface area contributed by atoms with Crippen molar-refractivity contribution in [3.05, 3.63) is 69.2 Å². The second-order valence-corrected chi connectivity index (χ2v) is 5.16. The van der Waals surface area contributed by atoms with Gasteiger partial charge in [-0.15, -0.1) is 0 Å². The third kappa shape index (κ3) is 3.41. The maximum absolute atomic E-state index is 13.6. The number of benzene rings is 2. The van der Waals surface area contributed by atoms with Crippen LogP contribution in [0.25, 0.3) is 0 Å². The Morgan fingerprint density at radius 1 is 1.00 bits per heavy atom. The van der Waals surface area contributed by atoms with E-state index in [1.54, 1.807) is 0 Å². The van der Waals surface area contributed by atoms with Crippen molar-refractivity contribution in [2.75, 3.05) is 0 Å². The lowest BCUT2D eigenvalue weighted by Gasteiger charge is -2.16. The normalized spacial score (nSPS) is 13.3. The summed E-state index contributed by atoms with van der Waals surface area (Å²) in [6.07, 6.45) is -6.24. The Hall–Kier alpha value is -1.47. The molecule has 7 heteroatoms. The van der Waals surface area contributed by atoms with Crippen LogP contribution in [0, 0.1) is 11.6 Å². The Balaban J connectivity index is 2.46. The molecule has 0 saturated carbocycles. The van der Waals surface area contributed by atoms with Gasteiger partial charge in [-0.2, -0.15) is 13.2 Å². The number of aliphatic hydroxyl groups is 1. The van der Waals surface area contributed by atoms with Gasteiger partial charge >= 0.3 is 6.18 Å². The maximum Gasteiger partial charge on any atom is 0.417 e. The largest absolute Gasteiger partial charge is 0.417 e. The molecule has 0 fully saturated rings. The fourth-order valence-corrected chi connectivity index (χ4v) is 2.30. The van der Waals surface area contributed by atoms with Crippen molar-refractivity contribution in [1.29, 1.82) is 0 Å². The minimum atomic E-state index is -4.62. The molecule has 2 aromatic carbocycles. The molecule has 0 bridgehead atoms. The zero-order valence-electron chi connectivity index (χ0n) is 10.3. The van der Waals surface area contributed by atoms with Crippen molar-refractivity contribution in [2.45, 2.75) is 12.3 Å². The van der Waals surface area contributed by atoms with E-state index in [1.165, 1.54) is 6.07 Å². The lowest BCUT2D eigenvalue weighted by molar-refractivity contribution is -0.138. The SMILES string of the molecule is OC(c1ccc(Br)c(C(F)(F)F)c1)c1ccc(F)cc1F. The van der Waals surface area contributed by atoms with Gasteiger partial charge in [0.15, 0.2) is 0 Å². The number of hydrogen-bond acceptors (Lipinski definition) is 1. The Morgan fingerprint density at radius 3 is 2.24 bits per heavy atom. The Bertz CT molecular complexity index is 669. The molecule has 0 spiro atoms. The molecule has 0 aliphatic rings. The van der Waals surface area contributed by atoms with Gasteiger partial charge in [0.1, 0.15) is 17.7 Å². The first kappa shape index (κ1) is 15.9. The summed E-state index contributed by atoms with van der Waals surface area (Å²) in [5, 5.41) is 10.00. The maximum atomic E-state index is 13.6. The van der Waals surface area contributed by atoms with Crippen LogP contribution in [0.15, 0.2) is 40.9 Å². The molecule has 0 amide bonds. The van der Waals surface area contributed by atoms with Crippen molar-refractivity contribution in [3.8, 4) is 0 Å². The molecule has 0 radical (unpaired) electrons. The van der Waals surface area contributed by atoms with Crippen LogP contribution in [0.5, 0.6) is 0 Å². The Morgan fingerprint density at radius 2 is 1.67 bits per heavy atom. The molecular weight excluding hydrogens is 359 g/mol. The number of halogens is 6. The van der Waals surface area contributed by atoms with E-state index >= 15 is 0 Å². The standard InChI is InChI=1S/C14H8BrF5O/c15-11-4-1-7(5-10(11)14(18,19)20)13(21)9-3-2-8(16)6-12(9)17/h1-6,13,21H. The van der Waals surface area contributed by atoms with Crippen LogP contribution in [0.1, 0.15) is 22.8 Å². The first-order valence-corrected chi connectivity index (χ1v) is 6.49. The molecule has 0 aliphatic carbocycles. The fourth-order valence-electron chi connectivity index (χ4n) is 1.83. The summed E-state index contributed by atoms with van der Waals surface area (Å²) in [7, 11) is 0. The van der Waals surface area contributed by atoms with Crippen LogP contribution in [-0.4, -0.2) is 5.11 Å². The van der Waals surface area contributed by atoms with Gasteiger partial charge < -0.3 is 5.11 Å². The summed E-state index contributed by atoms with van der Waals surface area (Å²) >= 11 is 2.77. The Labute approximate surface area is 125 Å². The third-order valence-corrected chi connectivity index (χ3v) is 3.56. The molecule has 1 N–H and O–H groups in total. The summed E-state index contributed by atoms with van der Waals surface area (Å²) < 4.78 is 64.6. The topological polar surface area (TPSA) is 20.2 Å². The zero-order chi connectivity index (χ0) is 15.8. The monoisotopic (exact) mass is 366 g/mol. The fraction of sp³-hybridized carbons (Fsp3) is 0.143. The van der Waals surface area contributed by atoms with Gasteiger partial charge in [-0.3, -0.25) is 0 Å². The van der Waals surface area contributed by atoms with E-state index in [0.29, 0.717) is 6.07 Å². The third-order valence-electron chi connectivity index (χ3n) is 2.87. The van der Waals surface area contributed by atoms with Crippen molar-refractivity contribution in [1.82, 2.24) is 0 Å². The van der Waals surface area contributed by atoms with Crippen LogP contribution >= 0.6 is 15.9 Å². The Kier molecular flexibility index (Phi) is 4.34. The number of hydrogen-bond donors (Lipinski definition) is 1. The van der Waals surface area contributed by atoms with E-state index in [0.717, 1.165) is 24.3 Å². The molecule has 0 heterocycles. The van der Waals surface area contributed by atoms with Crippen LogP contribution in [0.4, 0.5) is 22.0 Å². The van der Waals surface area contributed by atoms with Crippen LogP contribution in [0.2, 0.25) is 0 Å². The molecule has 0 aromatic heterocycles. The average molecular weight is 367 g/mol. The minimum absolute atomic E-state index is 0.143. The zero-order valence-corrected chi connectivity index (χ0v) is 11.8. The molecule has 112 valence electrons. The van der Waals surface area contributed by atoms with Crippen LogP contribution < -0.4 is 0 Å². The lowest BCUT2D eigenvalue weighted by Crippen LogP contribution is -2.09. The van der Waals surface area contributed by atoms with Crippen molar-refractivity contribution >= 4 is 15.9 Å². The van der Waals surface area contributed by atoms with Gasteiger partial charge in [-0.1, -0.05) is 28.1 Å². The summed E-state index contributed by atoms with van der Waals surface area (Å²) in [5.41, 5.74) is -1.43. The highest BCUT2D eigenvalue weighted by Gasteiger charge is 2.33. The highest BCUT2D eigenvalue weighted by molar-refractivity contribution is 9.10. The lowest BCUT2D eigenvalue weighted by atomic mass is 9.99. The summed E-state index contributed by atoms with van der Waals surface area (Å²) in [4.78, 5) is 0. The van der Waals surface area contributed by atoms with E-state index in [2.05, 4.69) is 15.9 Å². The van der Waals surface area contributed by atoms with E-state index in [-0.39, 0.29) is 15.6 Å². The smallest absolute Gasteiger partial charge is 0.384 e. The molecule has 0 aliphatic heterocycles. The van der Waals surface area contributed by atoms with Crippen molar-refractivity contribution in [3.63, 3.8) is 0 Å². The van der Waals surface area contributed by atoms with Gasteiger partial charge in [-0.05, 0) is 23.8 Å². The molecule has 1 atom stereocenters. The molecule has 1 nitrogen and oxygen atoms in total. The van der Waals surface area contributed by atoms with Crippen molar-refractivity contribution in [2.24, 2.45) is 0 Å². The molecule has 21 heavy (non-hydrogen) atoms. The average Bonchev–Trinajstić information content (AvgIpc) is 2.37. The number of rotatable bonds is 2. The minimum Gasteiger partial charge on any atom is -0.384 e. The number of aliphatic hydroxyl groups excluding tert-OH is 1. The summed E-state index contributed by atoms with van der Waals surface area (Å²) in [6, 6.07) is 5.53. The molecule has 1 unspecified atom stereocenters. The highest BCUT2D eigenvalue weighted by atomic mass is 79.9. The van der Waals surface area contributed by atoms with Crippen LogP contribution in [-0.2, 0) is 6.18 Å². The first-order chi connectivity index (χ1) is 9.70. The second kappa shape index (κ2) is 5.73. The molecule has 2 aromatic rings. The molecule has 2 rings (SSSR count). The van der Waals surface area contributed by atoms with Gasteiger partial charge in [-0.25, -0.2) is 8.78 Å². The van der Waals surface area contributed by atoms with E-state index < -0.39 is 29.5 Å². The predicted octanol–water partition coefficient (Wildman–Crippen LogP) is 4.83. The summed E-state index contributed by atoms with van der Waals surface area (Å²) in [5.74, 6) is -1.87. The quantitative estimate of drug-likeness (QED) is 0.755. The molecular formula is C14H8BrF5O. The number of alkyl halides is 3. The first-order valence-electron chi connectivity index (χ1n) is 5.70. The van der Waals surface area contributed by atoms with E-state index in [4.69, 9.17) is 0 Å². The predicted molar refractivity (Wildman–Crippen MR) is 69.6 cm³/mol. The van der Waals surface area contributed by atoms with Crippen molar-refractivity contribution < 1.29 is 27.1 Å². The van der Waals surface area contributed by atoms with Gasteiger partial charge in [0, 0.05) is 16.1 Å². The van der Waals surface area contributed by atoms with Gasteiger partial charge in [0.25, 0.3) is 0 Å². The van der Waals surface area contributed by atoms with E-state index in [1.807, 2.05) is 0 Å². The second-order valence-electron chi connectivity index (χ2n) is 4.31. The van der Waals surface area contributed by atoms with Gasteiger partial charge in [0.05, 0.1) is 5.56 Å². The van der Waals surface area contributed by atoms with Crippen LogP contribution in [0.3, 0.4) is 0 Å². The van der Waals surface area contributed by atoms with Gasteiger partial charge in [0.2, 0.25) is 0 Å².